The summed E-state index contributed by atoms with van der Waals surface area (Å²) in [5.74, 6) is 1.65. The number of guanidine groups is 1. The van der Waals surface area contributed by atoms with E-state index >= 15 is 0 Å². The van der Waals surface area contributed by atoms with Crippen molar-refractivity contribution in [3.05, 3.63) is 35.2 Å². The number of rotatable bonds is 7. The second kappa shape index (κ2) is 9.12. The lowest BCUT2D eigenvalue weighted by Gasteiger charge is -2.09. The minimum atomic E-state index is 0.386. The van der Waals surface area contributed by atoms with E-state index in [0.717, 1.165) is 18.5 Å². The summed E-state index contributed by atoms with van der Waals surface area (Å²) in [5.41, 5.74) is 0.814. The van der Waals surface area contributed by atoms with Crippen LogP contribution in [0.4, 0.5) is 0 Å². The fraction of sp³-hybridized carbons (Fsp3) is 0.400. The summed E-state index contributed by atoms with van der Waals surface area (Å²) < 4.78 is 10.2. The maximum atomic E-state index is 5.96. The molecule has 0 unspecified atom stereocenters. The number of methoxy groups -OCH3 is 1. The molecule has 2 rings (SSSR count). The van der Waals surface area contributed by atoms with Crippen LogP contribution < -0.4 is 10.6 Å². The number of nitrogens with zero attached hydrogens (tertiary/aromatic N) is 3. The number of halogens is 1. The fourth-order valence-corrected chi connectivity index (χ4v) is 2.07. The van der Waals surface area contributed by atoms with E-state index in [9.17, 15) is 0 Å². The van der Waals surface area contributed by atoms with Gasteiger partial charge in [-0.25, -0.2) is 0 Å². The maximum absolute atomic E-state index is 5.96. The molecule has 7 nitrogen and oxygen atoms in total. The summed E-state index contributed by atoms with van der Waals surface area (Å²) in [6.07, 6.45) is 0.899. The average molecular weight is 338 g/mol. The molecule has 0 bridgehead atoms. The van der Waals surface area contributed by atoms with E-state index in [1.54, 1.807) is 26.3 Å². The van der Waals surface area contributed by atoms with Gasteiger partial charge in [0.15, 0.2) is 5.96 Å². The highest BCUT2D eigenvalue weighted by Gasteiger charge is 2.09. The number of aliphatic imine (C=N–C) groups is 1. The first-order valence-corrected chi connectivity index (χ1v) is 7.62. The predicted molar refractivity (Wildman–Crippen MR) is 89.4 cm³/mol. The fourth-order valence-electron chi connectivity index (χ4n) is 1.87. The number of hydrogen-bond acceptors (Lipinski definition) is 5. The standard InChI is InChI=1S/C15H20ClN5O2/c1-17-15(18-7-4-8-22-2)19-10-13-20-14(21-23-13)11-5-3-6-12(16)9-11/h3,5-6,9H,4,7-8,10H2,1-2H3,(H2,17,18,19). The Bertz CT molecular complexity index is 644. The lowest BCUT2D eigenvalue weighted by molar-refractivity contribution is 0.195. The van der Waals surface area contributed by atoms with Crippen LogP contribution in [0.2, 0.25) is 5.02 Å². The topological polar surface area (TPSA) is 84.6 Å². The van der Waals surface area contributed by atoms with Crippen LogP contribution in [0.3, 0.4) is 0 Å². The van der Waals surface area contributed by atoms with E-state index in [4.69, 9.17) is 20.9 Å². The predicted octanol–water partition coefficient (Wildman–Crippen LogP) is 2.09. The molecule has 0 radical (unpaired) electrons. The Morgan fingerprint density at radius 2 is 2.26 bits per heavy atom. The molecule has 124 valence electrons. The number of ether oxygens (including phenoxy) is 1. The number of nitrogens with one attached hydrogen (secondary N) is 2. The lowest BCUT2D eigenvalue weighted by Crippen LogP contribution is -2.37. The minimum absolute atomic E-state index is 0.386. The van der Waals surface area contributed by atoms with Crippen LogP contribution in [-0.4, -0.2) is 43.4 Å². The Kier molecular flexibility index (Phi) is 6.83. The zero-order valence-corrected chi connectivity index (χ0v) is 13.9. The van der Waals surface area contributed by atoms with Crippen molar-refractivity contribution >= 4 is 17.6 Å². The van der Waals surface area contributed by atoms with Crippen LogP contribution in [-0.2, 0) is 11.3 Å². The van der Waals surface area contributed by atoms with Gasteiger partial charge < -0.3 is 19.9 Å². The highest BCUT2D eigenvalue weighted by molar-refractivity contribution is 6.30. The smallest absolute Gasteiger partial charge is 0.246 e. The maximum Gasteiger partial charge on any atom is 0.246 e. The van der Waals surface area contributed by atoms with Crippen LogP contribution in [0, 0.1) is 0 Å². The van der Waals surface area contributed by atoms with Crippen molar-refractivity contribution < 1.29 is 9.26 Å². The summed E-state index contributed by atoms with van der Waals surface area (Å²) in [5, 5.41) is 10.9. The van der Waals surface area contributed by atoms with Gasteiger partial charge in [0, 0.05) is 37.9 Å². The monoisotopic (exact) mass is 337 g/mol. The molecule has 0 saturated heterocycles. The second-order valence-electron chi connectivity index (χ2n) is 4.72. The van der Waals surface area contributed by atoms with Gasteiger partial charge >= 0.3 is 0 Å². The number of aromatic nitrogens is 2. The van der Waals surface area contributed by atoms with Crippen molar-refractivity contribution in [1.29, 1.82) is 0 Å². The van der Waals surface area contributed by atoms with Gasteiger partial charge in [-0.05, 0) is 18.6 Å². The third kappa shape index (κ3) is 5.54. The van der Waals surface area contributed by atoms with E-state index < -0.39 is 0 Å². The van der Waals surface area contributed by atoms with Gasteiger partial charge in [0.05, 0.1) is 6.54 Å². The molecule has 1 aromatic carbocycles. The highest BCUT2D eigenvalue weighted by Crippen LogP contribution is 2.19. The largest absolute Gasteiger partial charge is 0.385 e. The van der Waals surface area contributed by atoms with Crippen molar-refractivity contribution in [2.24, 2.45) is 4.99 Å². The van der Waals surface area contributed by atoms with Crippen LogP contribution in [0.5, 0.6) is 0 Å². The molecular formula is C15H20ClN5O2. The molecule has 2 N–H and O–H groups in total. The quantitative estimate of drug-likeness (QED) is 0.457. The van der Waals surface area contributed by atoms with E-state index in [2.05, 4.69) is 25.8 Å². The molecule has 0 fully saturated rings. The molecule has 0 amide bonds. The van der Waals surface area contributed by atoms with Crippen molar-refractivity contribution in [1.82, 2.24) is 20.8 Å². The molecule has 0 aliphatic heterocycles. The molecule has 0 saturated carbocycles. The number of benzene rings is 1. The van der Waals surface area contributed by atoms with Gasteiger partial charge in [0.25, 0.3) is 0 Å². The van der Waals surface area contributed by atoms with Gasteiger partial charge in [-0.15, -0.1) is 0 Å². The van der Waals surface area contributed by atoms with Crippen molar-refractivity contribution in [2.75, 3.05) is 27.3 Å². The van der Waals surface area contributed by atoms with Crippen LogP contribution in [0.15, 0.2) is 33.8 Å². The SMILES string of the molecule is CN=C(NCCCOC)NCc1nc(-c2cccc(Cl)c2)no1. The minimum Gasteiger partial charge on any atom is -0.385 e. The zero-order chi connectivity index (χ0) is 16.5. The molecule has 1 aromatic heterocycles. The van der Waals surface area contributed by atoms with E-state index in [0.29, 0.717) is 35.8 Å². The molecule has 2 aromatic rings. The summed E-state index contributed by atoms with van der Waals surface area (Å²) in [6.45, 7) is 1.86. The van der Waals surface area contributed by atoms with Gasteiger partial charge in [-0.1, -0.05) is 28.9 Å². The second-order valence-corrected chi connectivity index (χ2v) is 5.16. The van der Waals surface area contributed by atoms with Crippen molar-refractivity contribution in [3.63, 3.8) is 0 Å². The molecular weight excluding hydrogens is 318 g/mol. The van der Waals surface area contributed by atoms with Crippen LogP contribution in [0.1, 0.15) is 12.3 Å². The van der Waals surface area contributed by atoms with Crippen molar-refractivity contribution in [2.45, 2.75) is 13.0 Å². The Balaban J connectivity index is 1.86. The molecule has 1 heterocycles. The average Bonchev–Trinajstić information content (AvgIpc) is 3.03. The first-order valence-electron chi connectivity index (χ1n) is 7.25. The molecule has 8 heteroatoms. The van der Waals surface area contributed by atoms with Gasteiger partial charge in [0.1, 0.15) is 0 Å². The first-order chi connectivity index (χ1) is 11.2. The van der Waals surface area contributed by atoms with Crippen LogP contribution in [0.25, 0.3) is 11.4 Å². The highest BCUT2D eigenvalue weighted by atomic mass is 35.5. The molecule has 0 aliphatic carbocycles. The summed E-state index contributed by atoms with van der Waals surface area (Å²) in [6, 6.07) is 7.31. The van der Waals surface area contributed by atoms with E-state index in [1.165, 1.54) is 0 Å². The molecule has 23 heavy (non-hydrogen) atoms. The Labute approximate surface area is 140 Å². The van der Waals surface area contributed by atoms with Crippen molar-refractivity contribution in [3.8, 4) is 11.4 Å². The van der Waals surface area contributed by atoms with Gasteiger partial charge in [-0.2, -0.15) is 4.98 Å². The van der Waals surface area contributed by atoms with Gasteiger partial charge in [0.2, 0.25) is 11.7 Å². The molecule has 0 spiro atoms. The van der Waals surface area contributed by atoms with E-state index in [-0.39, 0.29) is 0 Å². The Morgan fingerprint density at radius 1 is 1.39 bits per heavy atom. The third-order valence-corrected chi connectivity index (χ3v) is 3.23. The molecule has 0 aliphatic rings. The normalized spacial score (nSPS) is 11.5. The van der Waals surface area contributed by atoms with Crippen LogP contribution >= 0.6 is 11.6 Å². The third-order valence-electron chi connectivity index (χ3n) is 3.00. The van der Waals surface area contributed by atoms with Gasteiger partial charge in [-0.3, -0.25) is 4.99 Å². The summed E-state index contributed by atoms with van der Waals surface area (Å²) in [7, 11) is 3.39. The first kappa shape index (κ1) is 17.2. The Hall–Kier alpha value is -2.12. The van der Waals surface area contributed by atoms with E-state index in [1.807, 2.05) is 12.1 Å². The zero-order valence-electron chi connectivity index (χ0n) is 13.2. The lowest BCUT2D eigenvalue weighted by atomic mass is 10.2. The number of hydrogen-bond donors (Lipinski definition) is 2. The summed E-state index contributed by atoms with van der Waals surface area (Å²) >= 11 is 5.96. The Morgan fingerprint density at radius 3 is 3.00 bits per heavy atom. The summed E-state index contributed by atoms with van der Waals surface area (Å²) in [4.78, 5) is 8.46. The molecule has 0 atom stereocenters.